The van der Waals surface area contributed by atoms with Gasteiger partial charge in [0.15, 0.2) is 0 Å². The predicted molar refractivity (Wildman–Crippen MR) is 119 cm³/mol. The van der Waals surface area contributed by atoms with Crippen molar-refractivity contribution in [2.45, 2.75) is 37.8 Å². The molecule has 1 saturated heterocycles. The summed E-state index contributed by atoms with van der Waals surface area (Å²) >= 11 is 0. The zero-order valence-corrected chi connectivity index (χ0v) is 18.2. The monoisotopic (exact) mass is 437 g/mol. The van der Waals surface area contributed by atoms with Crippen LogP contribution in [0.5, 0.6) is 11.5 Å². The average Bonchev–Trinajstić information content (AvgIpc) is 3.26. The molecule has 0 radical (unpaired) electrons. The third kappa shape index (κ3) is 4.26. The quantitative estimate of drug-likeness (QED) is 0.724. The van der Waals surface area contributed by atoms with Crippen molar-refractivity contribution in [2.75, 3.05) is 26.1 Å². The van der Waals surface area contributed by atoms with Crippen LogP contribution in [0.2, 0.25) is 0 Å². The highest BCUT2D eigenvalue weighted by atomic mass is 16.5. The van der Waals surface area contributed by atoms with Gasteiger partial charge in [-0.15, -0.1) is 0 Å². The number of methoxy groups -OCH3 is 2. The van der Waals surface area contributed by atoms with Crippen LogP contribution in [0.3, 0.4) is 0 Å². The van der Waals surface area contributed by atoms with Gasteiger partial charge in [0, 0.05) is 24.6 Å². The Bertz CT molecular complexity index is 1040. The first-order valence-corrected chi connectivity index (χ1v) is 10.7. The molecule has 0 saturated carbocycles. The van der Waals surface area contributed by atoms with Crippen LogP contribution in [0.25, 0.3) is 0 Å². The number of ether oxygens (including phenoxy) is 2. The lowest BCUT2D eigenvalue weighted by atomic mass is 10.0. The number of hydrogen-bond donors (Lipinski definition) is 2. The Balaban J connectivity index is 1.44. The third-order valence-corrected chi connectivity index (χ3v) is 6.07. The van der Waals surface area contributed by atoms with Gasteiger partial charge in [0.1, 0.15) is 17.5 Å². The fourth-order valence-electron chi connectivity index (χ4n) is 4.41. The Labute approximate surface area is 186 Å². The van der Waals surface area contributed by atoms with E-state index >= 15 is 0 Å². The summed E-state index contributed by atoms with van der Waals surface area (Å²) in [6.07, 6.45) is 2.11. The standard InChI is InChI=1S/C24H27N3O5/c1-31-15-9-10-17(21(14-15)32-2)20-8-5-13-27(20)22(28)12-11-19-24(30)25-18-7-4-3-6-16(18)23(29)26-19/h3-4,6-7,9-10,14,19-20H,5,8,11-13H2,1-2H3,(H,25,30)(H,26,29). The number of fused-ring (bicyclic) bond motifs is 1. The Morgan fingerprint density at radius 1 is 1.12 bits per heavy atom. The molecule has 2 aromatic carbocycles. The van der Waals surface area contributed by atoms with E-state index in [9.17, 15) is 14.4 Å². The number of amides is 3. The first-order valence-electron chi connectivity index (χ1n) is 10.7. The summed E-state index contributed by atoms with van der Waals surface area (Å²) in [5.74, 6) is 0.693. The minimum atomic E-state index is -0.768. The number of benzene rings is 2. The largest absolute Gasteiger partial charge is 0.497 e. The number of para-hydroxylation sites is 1. The van der Waals surface area contributed by atoms with Gasteiger partial charge < -0.3 is 25.0 Å². The van der Waals surface area contributed by atoms with Crippen LogP contribution in [0.4, 0.5) is 5.69 Å². The van der Waals surface area contributed by atoms with Crippen LogP contribution < -0.4 is 20.1 Å². The topological polar surface area (TPSA) is 97.0 Å². The van der Waals surface area contributed by atoms with E-state index in [1.54, 1.807) is 38.5 Å². The fraction of sp³-hybridized carbons (Fsp3) is 0.375. The second kappa shape index (κ2) is 9.30. The van der Waals surface area contributed by atoms with Crippen molar-refractivity contribution < 1.29 is 23.9 Å². The molecule has 0 aromatic heterocycles. The van der Waals surface area contributed by atoms with Crippen molar-refractivity contribution in [3.8, 4) is 11.5 Å². The van der Waals surface area contributed by atoms with Crippen molar-refractivity contribution in [3.63, 3.8) is 0 Å². The van der Waals surface area contributed by atoms with Gasteiger partial charge in [-0.1, -0.05) is 12.1 Å². The first-order chi connectivity index (χ1) is 15.5. The molecule has 2 N–H and O–H groups in total. The van der Waals surface area contributed by atoms with E-state index in [1.165, 1.54) is 0 Å². The lowest BCUT2D eigenvalue weighted by molar-refractivity contribution is -0.132. The molecule has 0 aliphatic carbocycles. The molecule has 8 nitrogen and oxygen atoms in total. The first kappa shape index (κ1) is 21.7. The minimum absolute atomic E-state index is 0.0471. The van der Waals surface area contributed by atoms with Crippen LogP contribution in [0, 0.1) is 0 Å². The van der Waals surface area contributed by atoms with Gasteiger partial charge in [-0.25, -0.2) is 0 Å². The second-order valence-electron chi connectivity index (χ2n) is 7.95. The average molecular weight is 437 g/mol. The number of carbonyl (C=O) groups excluding carboxylic acids is 3. The van der Waals surface area contributed by atoms with E-state index in [1.807, 2.05) is 23.1 Å². The number of nitrogens with one attached hydrogen (secondary N) is 2. The van der Waals surface area contributed by atoms with Crippen LogP contribution in [-0.2, 0) is 9.59 Å². The van der Waals surface area contributed by atoms with Crippen molar-refractivity contribution in [1.82, 2.24) is 10.2 Å². The zero-order chi connectivity index (χ0) is 22.7. The summed E-state index contributed by atoms with van der Waals surface area (Å²) in [5.41, 5.74) is 1.84. The van der Waals surface area contributed by atoms with Gasteiger partial charge in [0.05, 0.1) is 31.5 Å². The number of hydrogen-bond acceptors (Lipinski definition) is 5. The SMILES string of the molecule is COc1ccc(C2CCCN2C(=O)CCC2NC(=O)c3ccccc3NC2=O)c(OC)c1. The molecule has 1 fully saturated rings. The van der Waals surface area contributed by atoms with Gasteiger partial charge in [0.2, 0.25) is 11.8 Å². The minimum Gasteiger partial charge on any atom is -0.497 e. The normalized spacial score (nSPS) is 20.1. The molecule has 2 aliphatic heterocycles. The van der Waals surface area contributed by atoms with Crippen molar-refractivity contribution >= 4 is 23.4 Å². The molecule has 2 heterocycles. The summed E-state index contributed by atoms with van der Waals surface area (Å²) in [7, 11) is 3.20. The second-order valence-corrected chi connectivity index (χ2v) is 7.95. The summed E-state index contributed by atoms with van der Waals surface area (Å²) in [6.45, 7) is 0.646. The van der Waals surface area contributed by atoms with Gasteiger partial charge in [-0.2, -0.15) is 0 Å². The number of nitrogens with zero attached hydrogens (tertiary/aromatic N) is 1. The number of carbonyl (C=O) groups is 3. The maximum Gasteiger partial charge on any atom is 0.254 e. The predicted octanol–water partition coefficient (Wildman–Crippen LogP) is 2.90. The van der Waals surface area contributed by atoms with Gasteiger partial charge in [-0.05, 0) is 43.5 Å². The number of rotatable bonds is 6. The molecule has 8 heteroatoms. The zero-order valence-electron chi connectivity index (χ0n) is 18.2. The van der Waals surface area contributed by atoms with E-state index in [2.05, 4.69) is 10.6 Å². The fourth-order valence-corrected chi connectivity index (χ4v) is 4.41. The Hall–Kier alpha value is -3.55. The van der Waals surface area contributed by atoms with Crippen LogP contribution in [0.1, 0.15) is 47.6 Å². The van der Waals surface area contributed by atoms with Crippen LogP contribution in [-0.4, -0.2) is 49.4 Å². The molecule has 32 heavy (non-hydrogen) atoms. The maximum atomic E-state index is 13.1. The molecular formula is C24H27N3O5. The van der Waals surface area contributed by atoms with Crippen molar-refractivity contribution in [2.24, 2.45) is 0 Å². The highest BCUT2D eigenvalue weighted by Crippen LogP contribution is 2.39. The molecule has 2 atom stereocenters. The van der Waals surface area contributed by atoms with Gasteiger partial charge >= 0.3 is 0 Å². The molecule has 2 aromatic rings. The molecule has 3 amide bonds. The lowest BCUT2D eigenvalue weighted by Crippen LogP contribution is -2.42. The smallest absolute Gasteiger partial charge is 0.254 e. The van der Waals surface area contributed by atoms with Gasteiger partial charge in [0.25, 0.3) is 5.91 Å². The van der Waals surface area contributed by atoms with Crippen molar-refractivity contribution in [1.29, 1.82) is 0 Å². The Morgan fingerprint density at radius 2 is 1.94 bits per heavy atom. The Morgan fingerprint density at radius 3 is 2.72 bits per heavy atom. The van der Waals surface area contributed by atoms with Gasteiger partial charge in [-0.3, -0.25) is 14.4 Å². The Kier molecular flexibility index (Phi) is 6.30. The molecular weight excluding hydrogens is 410 g/mol. The maximum absolute atomic E-state index is 13.1. The number of anilines is 1. The molecule has 0 spiro atoms. The van der Waals surface area contributed by atoms with Crippen LogP contribution >= 0.6 is 0 Å². The summed E-state index contributed by atoms with van der Waals surface area (Å²) in [6, 6.07) is 11.6. The number of likely N-dealkylation sites (tertiary alicyclic amines) is 1. The van der Waals surface area contributed by atoms with E-state index in [0.717, 1.165) is 18.4 Å². The lowest BCUT2D eigenvalue weighted by Gasteiger charge is -2.27. The highest BCUT2D eigenvalue weighted by Gasteiger charge is 2.33. The highest BCUT2D eigenvalue weighted by molar-refractivity contribution is 6.09. The van der Waals surface area contributed by atoms with Crippen LogP contribution in [0.15, 0.2) is 42.5 Å². The summed E-state index contributed by atoms with van der Waals surface area (Å²) < 4.78 is 10.8. The summed E-state index contributed by atoms with van der Waals surface area (Å²) in [5, 5.41) is 5.53. The molecule has 168 valence electrons. The molecule has 2 aliphatic rings. The molecule has 2 unspecified atom stereocenters. The van der Waals surface area contributed by atoms with E-state index in [-0.39, 0.29) is 36.6 Å². The van der Waals surface area contributed by atoms with E-state index in [0.29, 0.717) is 29.3 Å². The molecule has 4 rings (SSSR count). The molecule has 0 bridgehead atoms. The summed E-state index contributed by atoms with van der Waals surface area (Å²) in [4.78, 5) is 40.1. The van der Waals surface area contributed by atoms with E-state index < -0.39 is 6.04 Å². The van der Waals surface area contributed by atoms with Crippen molar-refractivity contribution in [3.05, 3.63) is 53.6 Å². The van der Waals surface area contributed by atoms with E-state index in [4.69, 9.17) is 9.47 Å². The third-order valence-electron chi connectivity index (χ3n) is 6.07.